The minimum atomic E-state index is -4.47. The van der Waals surface area contributed by atoms with E-state index in [0.29, 0.717) is 11.4 Å². The number of fused-ring (bicyclic) bond motifs is 1. The molecule has 16 nitrogen and oxygen atoms in total. The number of nitrogens with two attached hydrogens (primary N) is 1. The number of aromatic nitrogens is 3. The van der Waals surface area contributed by atoms with Gasteiger partial charge in [-0.15, -0.1) is 0 Å². The molecule has 6 atom stereocenters. The molecule has 3 N–H and O–H groups in total. The van der Waals surface area contributed by atoms with Gasteiger partial charge < -0.3 is 29.2 Å². The number of rotatable bonds is 15. The molecule has 1 saturated carbocycles. The Morgan fingerprint density at radius 2 is 1.77 bits per heavy atom. The van der Waals surface area contributed by atoms with E-state index < -0.39 is 62.2 Å². The van der Waals surface area contributed by atoms with Crippen LogP contribution in [0.4, 0.5) is 5.82 Å². The number of hydrogen-bond acceptors (Lipinski definition) is 14. The zero-order valence-electron chi connectivity index (χ0n) is 30.1. The van der Waals surface area contributed by atoms with E-state index in [2.05, 4.69) is 21.2 Å². The average Bonchev–Trinajstić information content (AvgIpc) is 3.77. The van der Waals surface area contributed by atoms with Crippen molar-refractivity contribution in [3.05, 3.63) is 54.0 Å². The summed E-state index contributed by atoms with van der Waals surface area (Å²) in [6.07, 6.45) is -1.38. The SMILES string of the molecule is CCC(=O)O[C@H]1[C@@H](OC(=O)CC)[C@](C#N)(c2ccc3c(N)ncnn23)O[C@@H]1COP(=O)(N[C@@H](C)C(=O)OCC1CC1)Oc1ccc(C(C)(C)C)cc1. The van der Waals surface area contributed by atoms with E-state index >= 15 is 0 Å². The van der Waals surface area contributed by atoms with Gasteiger partial charge in [0.05, 0.1) is 18.9 Å². The lowest BCUT2D eigenvalue weighted by molar-refractivity contribution is -0.169. The predicted molar refractivity (Wildman–Crippen MR) is 186 cm³/mol. The zero-order chi connectivity index (χ0) is 37.8. The van der Waals surface area contributed by atoms with E-state index in [4.69, 9.17) is 33.7 Å². The zero-order valence-corrected chi connectivity index (χ0v) is 31.0. The van der Waals surface area contributed by atoms with Crippen LogP contribution in [0.25, 0.3) is 5.52 Å². The maximum Gasteiger partial charge on any atom is 0.459 e. The van der Waals surface area contributed by atoms with Crippen LogP contribution in [0.2, 0.25) is 0 Å². The molecule has 52 heavy (non-hydrogen) atoms. The molecule has 2 aromatic heterocycles. The van der Waals surface area contributed by atoms with Crippen molar-refractivity contribution in [1.29, 1.82) is 5.26 Å². The van der Waals surface area contributed by atoms with Gasteiger partial charge in [-0.1, -0.05) is 46.8 Å². The van der Waals surface area contributed by atoms with Crippen LogP contribution in [-0.2, 0) is 53.4 Å². The van der Waals surface area contributed by atoms with E-state index in [-0.39, 0.29) is 42.1 Å². The maximum atomic E-state index is 14.5. The lowest BCUT2D eigenvalue weighted by Crippen LogP contribution is -2.46. The molecule has 2 aliphatic rings. The molecule has 5 rings (SSSR count). The predicted octanol–water partition coefficient (Wildman–Crippen LogP) is 4.51. The summed E-state index contributed by atoms with van der Waals surface area (Å²) >= 11 is 0. The van der Waals surface area contributed by atoms with E-state index in [1.807, 2.05) is 32.9 Å². The number of carbonyl (C=O) groups excluding carboxylic acids is 3. The molecule has 17 heteroatoms. The Bertz CT molecular complexity index is 1870. The second-order valence-corrected chi connectivity index (χ2v) is 15.5. The van der Waals surface area contributed by atoms with Crippen LogP contribution in [0.5, 0.6) is 5.75 Å². The molecule has 0 spiro atoms. The van der Waals surface area contributed by atoms with Crippen LogP contribution < -0.4 is 15.3 Å². The van der Waals surface area contributed by atoms with Gasteiger partial charge in [-0.2, -0.15) is 15.4 Å². The Hall–Kier alpha value is -4.55. The molecule has 3 heterocycles. The van der Waals surface area contributed by atoms with Gasteiger partial charge in [0.25, 0.3) is 0 Å². The Labute approximate surface area is 301 Å². The molecule has 3 aromatic rings. The van der Waals surface area contributed by atoms with Crippen molar-refractivity contribution >= 4 is 37.0 Å². The lowest BCUT2D eigenvalue weighted by Gasteiger charge is -2.28. The number of nitrogen functional groups attached to an aromatic ring is 1. The fourth-order valence-corrected chi connectivity index (χ4v) is 7.08. The normalized spacial score (nSPS) is 23.3. The molecule has 1 aliphatic carbocycles. The first-order valence-electron chi connectivity index (χ1n) is 17.2. The molecular formula is C35H45N6O10P. The van der Waals surface area contributed by atoms with Gasteiger partial charge in [-0.05, 0) is 60.9 Å². The highest BCUT2D eigenvalue weighted by Crippen LogP contribution is 2.49. The Balaban J connectivity index is 1.50. The van der Waals surface area contributed by atoms with Gasteiger partial charge in [0.1, 0.15) is 35.8 Å². The van der Waals surface area contributed by atoms with Crippen molar-refractivity contribution < 1.29 is 46.9 Å². The van der Waals surface area contributed by atoms with Crippen LogP contribution in [0.1, 0.15) is 78.5 Å². The van der Waals surface area contributed by atoms with Crippen molar-refractivity contribution in [2.45, 2.75) is 103 Å². The number of nitrogens with one attached hydrogen (secondary N) is 1. The average molecular weight is 741 g/mol. The van der Waals surface area contributed by atoms with Crippen LogP contribution >= 0.6 is 7.75 Å². The van der Waals surface area contributed by atoms with Crippen LogP contribution in [0, 0.1) is 17.2 Å². The van der Waals surface area contributed by atoms with E-state index in [0.717, 1.165) is 18.4 Å². The second kappa shape index (κ2) is 15.6. The van der Waals surface area contributed by atoms with Crippen LogP contribution in [-0.4, -0.2) is 70.1 Å². The topological polar surface area (TPSA) is 216 Å². The first-order valence-corrected chi connectivity index (χ1v) is 18.7. The van der Waals surface area contributed by atoms with Crippen molar-refractivity contribution in [2.24, 2.45) is 5.92 Å². The minimum absolute atomic E-state index is 0.0654. The summed E-state index contributed by atoms with van der Waals surface area (Å²) in [5, 5.41) is 17.7. The Kier molecular flexibility index (Phi) is 11.6. The van der Waals surface area contributed by atoms with Crippen molar-refractivity contribution in [1.82, 2.24) is 19.7 Å². The molecule has 1 unspecified atom stereocenters. The smallest absolute Gasteiger partial charge is 0.459 e. The molecule has 0 radical (unpaired) electrons. The maximum absolute atomic E-state index is 14.5. The molecule has 1 aromatic carbocycles. The highest BCUT2D eigenvalue weighted by molar-refractivity contribution is 7.52. The van der Waals surface area contributed by atoms with E-state index in [9.17, 15) is 24.2 Å². The second-order valence-electron chi connectivity index (χ2n) is 13.8. The summed E-state index contributed by atoms with van der Waals surface area (Å²) in [5.74, 6) is -1.50. The van der Waals surface area contributed by atoms with E-state index in [1.165, 1.54) is 23.8 Å². The molecule has 2 fully saturated rings. The minimum Gasteiger partial charge on any atom is -0.464 e. The standard InChI is InChI=1S/C35H45N6O10P/c1-7-28(42)48-30-26(50-35(19-36,31(30)49-29(43)8-2)27-16-15-25-32(37)38-20-39-41(25)27)18-47-52(45,40-21(3)33(44)46-17-22-9-10-22)51-24-13-11-23(12-14-24)34(4,5)6/h11-16,20-22,26,30-31H,7-10,17-18H2,1-6H3,(H,40,45)(H2,37,38,39)/t21-,26+,30+,31+,35-,52?/m0/s1. The number of anilines is 1. The molecule has 0 amide bonds. The van der Waals surface area contributed by atoms with Gasteiger partial charge in [0.15, 0.2) is 18.0 Å². The Morgan fingerprint density at radius 3 is 2.38 bits per heavy atom. The van der Waals surface area contributed by atoms with Gasteiger partial charge in [0, 0.05) is 12.8 Å². The Morgan fingerprint density at radius 1 is 1.10 bits per heavy atom. The first-order chi connectivity index (χ1) is 24.6. The summed E-state index contributed by atoms with van der Waals surface area (Å²) in [6, 6.07) is 10.9. The number of nitrogens with zero attached hydrogens (tertiary/aromatic N) is 4. The van der Waals surface area contributed by atoms with Crippen LogP contribution in [0.15, 0.2) is 42.7 Å². The highest BCUT2D eigenvalue weighted by Gasteiger charge is 2.62. The van der Waals surface area contributed by atoms with Gasteiger partial charge in [-0.25, -0.2) is 14.1 Å². The van der Waals surface area contributed by atoms with Crippen molar-refractivity contribution in [2.75, 3.05) is 18.9 Å². The number of ether oxygens (including phenoxy) is 4. The largest absolute Gasteiger partial charge is 0.464 e. The van der Waals surface area contributed by atoms with Gasteiger partial charge in [-0.3, -0.25) is 18.9 Å². The molecule has 1 saturated heterocycles. The fourth-order valence-electron chi connectivity index (χ4n) is 5.58. The quantitative estimate of drug-likeness (QED) is 0.125. The molecular weight excluding hydrogens is 695 g/mol. The summed E-state index contributed by atoms with van der Waals surface area (Å²) in [6.45, 7) is 10.3. The molecule has 0 bridgehead atoms. The highest BCUT2D eigenvalue weighted by atomic mass is 31.2. The third-order valence-electron chi connectivity index (χ3n) is 8.75. The summed E-state index contributed by atoms with van der Waals surface area (Å²) in [7, 11) is -4.47. The lowest BCUT2D eigenvalue weighted by atomic mass is 9.87. The van der Waals surface area contributed by atoms with Crippen molar-refractivity contribution in [3.63, 3.8) is 0 Å². The van der Waals surface area contributed by atoms with Crippen LogP contribution in [0.3, 0.4) is 0 Å². The third-order valence-corrected chi connectivity index (χ3v) is 10.4. The number of benzene rings is 1. The monoisotopic (exact) mass is 740 g/mol. The van der Waals surface area contributed by atoms with E-state index in [1.54, 1.807) is 32.0 Å². The summed E-state index contributed by atoms with van der Waals surface area (Å²) < 4.78 is 51.0. The van der Waals surface area contributed by atoms with Crippen molar-refractivity contribution in [3.8, 4) is 11.8 Å². The fraction of sp³-hybridized carbons (Fsp3) is 0.543. The van der Waals surface area contributed by atoms with Gasteiger partial charge >= 0.3 is 25.7 Å². The number of esters is 3. The number of hydrogen-bond donors (Lipinski definition) is 2. The third kappa shape index (κ3) is 8.56. The van der Waals surface area contributed by atoms with Gasteiger partial charge in [0.2, 0.25) is 5.60 Å². The number of carbonyl (C=O) groups is 3. The first kappa shape index (κ1) is 38.7. The summed E-state index contributed by atoms with van der Waals surface area (Å²) in [5.41, 5.74) is 5.17. The molecule has 1 aliphatic heterocycles. The number of nitriles is 1. The summed E-state index contributed by atoms with van der Waals surface area (Å²) in [4.78, 5) is 42.5. The molecule has 280 valence electrons.